The zero-order valence-electron chi connectivity index (χ0n) is 16.2. The zero-order valence-corrected chi connectivity index (χ0v) is 16.2. The van der Waals surface area contributed by atoms with Crippen molar-refractivity contribution >= 4 is 17.7 Å². The molecule has 9 nitrogen and oxygen atoms in total. The molecule has 0 radical (unpaired) electrons. The first-order valence-corrected chi connectivity index (χ1v) is 9.66. The van der Waals surface area contributed by atoms with Gasteiger partial charge in [0.05, 0.1) is 12.3 Å². The predicted octanol–water partition coefficient (Wildman–Crippen LogP) is 1.89. The molecule has 0 aliphatic carbocycles. The molecule has 0 spiro atoms. The highest BCUT2D eigenvalue weighted by molar-refractivity contribution is 5.76. The first-order valence-electron chi connectivity index (χ1n) is 9.66. The molecular formula is C19H29N7O2. The van der Waals surface area contributed by atoms with Crippen molar-refractivity contribution in [3.05, 3.63) is 36.7 Å². The van der Waals surface area contributed by atoms with Crippen LogP contribution in [0, 0.1) is 5.92 Å². The number of nitrogen functional groups attached to an aromatic ring is 1. The molecular weight excluding hydrogens is 358 g/mol. The Kier molecular flexibility index (Phi) is 7.35. The SMILES string of the molecule is CCC(N=Cc1cocn1)OC(CNc1cc(N)ccn1)C1CCCN(N)C1. The van der Waals surface area contributed by atoms with Gasteiger partial charge in [-0.25, -0.2) is 15.0 Å². The number of anilines is 2. The molecule has 28 heavy (non-hydrogen) atoms. The highest BCUT2D eigenvalue weighted by Gasteiger charge is 2.28. The van der Waals surface area contributed by atoms with Crippen molar-refractivity contribution in [3.8, 4) is 0 Å². The summed E-state index contributed by atoms with van der Waals surface area (Å²) in [5.41, 5.74) is 7.19. The maximum absolute atomic E-state index is 6.38. The minimum atomic E-state index is -0.273. The third-order valence-corrected chi connectivity index (χ3v) is 4.79. The Hall–Kier alpha value is -2.49. The van der Waals surface area contributed by atoms with E-state index in [2.05, 4.69) is 20.3 Å². The van der Waals surface area contributed by atoms with E-state index in [0.717, 1.165) is 38.2 Å². The molecule has 2 aromatic heterocycles. The molecule has 1 fully saturated rings. The Morgan fingerprint density at radius 3 is 3.11 bits per heavy atom. The first-order chi connectivity index (χ1) is 13.6. The maximum atomic E-state index is 6.38. The van der Waals surface area contributed by atoms with Crippen LogP contribution >= 0.6 is 0 Å². The number of hydrazine groups is 1. The van der Waals surface area contributed by atoms with Crippen molar-refractivity contribution < 1.29 is 9.15 Å². The van der Waals surface area contributed by atoms with Gasteiger partial charge in [0.2, 0.25) is 0 Å². The van der Waals surface area contributed by atoms with Gasteiger partial charge in [-0.05, 0) is 25.3 Å². The smallest absolute Gasteiger partial charge is 0.181 e. The monoisotopic (exact) mass is 387 g/mol. The summed E-state index contributed by atoms with van der Waals surface area (Å²) in [5, 5.41) is 5.21. The van der Waals surface area contributed by atoms with Gasteiger partial charge in [-0.3, -0.25) is 10.8 Å². The second-order valence-electron chi connectivity index (χ2n) is 6.98. The van der Waals surface area contributed by atoms with E-state index >= 15 is 0 Å². The van der Waals surface area contributed by atoms with Crippen molar-refractivity contribution in [2.75, 3.05) is 30.7 Å². The van der Waals surface area contributed by atoms with Gasteiger partial charge < -0.3 is 20.2 Å². The second kappa shape index (κ2) is 10.2. The summed E-state index contributed by atoms with van der Waals surface area (Å²) in [5.74, 6) is 7.10. The number of pyridine rings is 1. The average Bonchev–Trinajstić information content (AvgIpc) is 3.21. The topological polar surface area (TPSA) is 128 Å². The van der Waals surface area contributed by atoms with Gasteiger partial charge in [-0.2, -0.15) is 0 Å². The lowest BCUT2D eigenvalue weighted by Gasteiger charge is -2.35. The van der Waals surface area contributed by atoms with E-state index in [1.54, 1.807) is 24.7 Å². The summed E-state index contributed by atoms with van der Waals surface area (Å²) in [6.45, 7) is 4.35. The van der Waals surface area contributed by atoms with Gasteiger partial charge in [-0.15, -0.1) is 0 Å². The van der Waals surface area contributed by atoms with Gasteiger partial charge in [0.1, 0.15) is 24.0 Å². The molecule has 0 amide bonds. The van der Waals surface area contributed by atoms with Crippen molar-refractivity contribution in [2.24, 2.45) is 16.8 Å². The van der Waals surface area contributed by atoms with E-state index in [9.17, 15) is 0 Å². The summed E-state index contributed by atoms with van der Waals surface area (Å²) in [4.78, 5) is 12.9. The highest BCUT2D eigenvalue weighted by atomic mass is 16.5. The van der Waals surface area contributed by atoms with E-state index in [4.69, 9.17) is 20.7 Å². The third-order valence-electron chi connectivity index (χ3n) is 4.79. The van der Waals surface area contributed by atoms with Gasteiger partial charge in [0.25, 0.3) is 0 Å². The van der Waals surface area contributed by atoms with Gasteiger partial charge in [-0.1, -0.05) is 6.92 Å². The van der Waals surface area contributed by atoms with Crippen LogP contribution in [-0.4, -0.2) is 53.2 Å². The number of aromatic nitrogens is 2. The third kappa shape index (κ3) is 6.01. The number of piperidine rings is 1. The van der Waals surface area contributed by atoms with Crippen LogP contribution in [0.5, 0.6) is 0 Å². The molecule has 5 N–H and O–H groups in total. The molecule has 0 aromatic carbocycles. The summed E-state index contributed by atoms with van der Waals surface area (Å²) in [6.07, 6.45) is 8.83. The fraction of sp³-hybridized carbons (Fsp3) is 0.526. The van der Waals surface area contributed by atoms with Crippen LogP contribution in [0.3, 0.4) is 0 Å². The lowest BCUT2D eigenvalue weighted by atomic mass is 9.93. The minimum Gasteiger partial charge on any atom is -0.451 e. The van der Waals surface area contributed by atoms with E-state index in [-0.39, 0.29) is 12.3 Å². The molecule has 152 valence electrons. The van der Waals surface area contributed by atoms with Crippen LogP contribution < -0.4 is 16.9 Å². The Bertz CT molecular complexity index is 738. The molecule has 2 aromatic rings. The predicted molar refractivity (Wildman–Crippen MR) is 109 cm³/mol. The summed E-state index contributed by atoms with van der Waals surface area (Å²) < 4.78 is 11.4. The van der Waals surface area contributed by atoms with E-state index in [1.165, 1.54) is 6.39 Å². The van der Waals surface area contributed by atoms with Gasteiger partial charge in [0.15, 0.2) is 6.39 Å². The van der Waals surface area contributed by atoms with Gasteiger partial charge >= 0.3 is 0 Å². The standard InChI is InChI=1S/C19H29N7O2/c1-2-19(24-9-16-12-27-13-25-16)28-17(14-4-3-7-26(21)11-14)10-23-18-8-15(20)5-6-22-18/h5-6,8-9,12-14,17,19H,2-4,7,10-11,21H2,1H3,(H3,20,22,23). The first kappa shape index (κ1) is 20.2. The second-order valence-corrected chi connectivity index (χ2v) is 6.98. The van der Waals surface area contributed by atoms with E-state index in [0.29, 0.717) is 23.8 Å². The quantitative estimate of drug-likeness (QED) is 0.440. The summed E-state index contributed by atoms with van der Waals surface area (Å²) >= 11 is 0. The largest absolute Gasteiger partial charge is 0.451 e. The highest BCUT2D eigenvalue weighted by Crippen LogP contribution is 2.23. The molecule has 0 saturated carbocycles. The number of rotatable bonds is 9. The molecule has 3 heterocycles. The Morgan fingerprint density at radius 1 is 1.50 bits per heavy atom. The number of ether oxygens (including phenoxy) is 1. The zero-order chi connectivity index (χ0) is 19.8. The molecule has 1 saturated heterocycles. The van der Waals surface area contributed by atoms with Crippen molar-refractivity contribution in [1.82, 2.24) is 15.0 Å². The van der Waals surface area contributed by atoms with E-state index < -0.39 is 0 Å². The fourth-order valence-corrected chi connectivity index (χ4v) is 3.30. The van der Waals surface area contributed by atoms with Crippen molar-refractivity contribution in [1.29, 1.82) is 0 Å². The molecule has 3 unspecified atom stereocenters. The van der Waals surface area contributed by atoms with Gasteiger partial charge in [0, 0.05) is 43.5 Å². The van der Waals surface area contributed by atoms with Crippen LogP contribution in [0.1, 0.15) is 31.9 Å². The van der Waals surface area contributed by atoms with Crippen molar-refractivity contribution in [3.63, 3.8) is 0 Å². The molecule has 3 rings (SSSR count). The van der Waals surface area contributed by atoms with E-state index in [1.807, 2.05) is 18.0 Å². The number of hydrogen-bond acceptors (Lipinski definition) is 9. The van der Waals surface area contributed by atoms with Crippen LogP contribution in [0.25, 0.3) is 0 Å². The molecule has 9 heteroatoms. The minimum absolute atomic E-state index is 0.0611. The number of nitrogens with one attached hydrogen (secondary N) is 1. The summed E-state index contributed by atoms with van der Waals surface area (Å²) in [6, 6.07) is 3.57. The van der Waals surface area contributed by atoms with Crippen LogP contribution in [0.15, 0.2) is 40.4 Å². The normalized spacial score (nSPS) is 20.3. The Labute approximate surface area is 165 Å². The average molecular weight is 387 g/mol. The lowest BCUT2D eigenvalue weighted by molar-refractivity contribution is -0.0496. The Morgan fingerprint density at radius 2 is 2.39 bits per heavy atom. The molecule has 3 atom stereocenters. The molecule has 1 aliphatic rings. The number of nitrogens with two attached hydrogens (primary N) is 2. The number of nitrogens with zero attached hydrogens (tertiary/aromatic N) is 4. The van der Waals surface area contributed by atoms with Crippen LogP contribution in [0.4, 0.5) is 11.5 Å². The number of aliphatic imine (C=N–C) groups is 1. The fourth-order valence-electron chi connectivity index (χ4n) is 3.30. The summed E-state index contributed by atoms with van der Waals surface area (Å²) in [7, 11) is 0. The lowest BCUT2D eigenvalue weighted by Crippen LogP contribution is -2.47. The molecule has 1 aliphatic heterocycles. The maximum Gasteiger partial charge on any atom is 0.181 e. The molecule has 0 bridgehead atoms. The van der Waals surface area contributed by atoms with Crippen molar-refractivity contribution in [2.45, 2.75) is 38.5 Å². The number of hydrogen-bond donors (Lipinski definition) is 3. The van der Waals surface area contributed by atoms with Crippen LogP contribution in [-0.2, 0) is 4.74 Å². The Balaban J connectivity index is 1.67. The van der Waals surface area contributed by atoms with Crippen LogP contribution in [0.2, 0.25) is 0 Å². The number of oxazole rings is 1.